The molecule has 0 unspecified atom stereocenters. The van der Waals surface area contributed by atoms with Gasteiger partial charge in [-0.3, -0.25) is 14.9 Å². The number of phenolic OH excluding ortho intramolecular Hbond substituents is 1. The van der Waals surface area contributed by atoms with E-state index in [-0.39, 0.29) is 11.3 Å². The van der Waals surface area contributed by atoms with Crippen LogP contribution < -0.4 is 10.3 Å². The van der Waals surface area contributed by atoms with Gasteiger partial charge in [0.2, 0.25) is 0 Å². The van der Waals surface area contributed by atoms with Gasteiger partial charge in [0.25, 0.3) is 5.56 Å². The van der Waals surface area contributed by atoms with Gasteiger partial charge in [-0.15, -0.1) is 0 Å². The molecular formula is C17H13N3O3. The zero-order chi connectivity index (χ0) is 16.0. The van der Waals surface area contributed by atoms with Gasteiger partial charge in [-0.1, -0.05) is 0 Å². The number of nitrogens with one attached hydrogen (secondary N) is 1. The summed E-state index contributed by atoms with van der Waals surface area (Å²) in [5.41, 5.74) is 1.85. The van der Waals surface area contributed by atoms with Crippen LogP contribution in [0.25, 0.3) is 27.5 Å². The maximum atomic E-state index is 12.6. The van der Waals surface area contributed by atoms with Gasteiger partial charge >= 0.3 is 0 Å². The van der Waals surface area contributed by atoms with Crippen molar-refractivity contribution >= 4 is 21.8 Å². The van der Waals surface area contributed by atoms with Crippen molar-refractivity contribution in [2.75, 3.05) is 7.11 Å². The highest BCUT2D eigenvalue weighted by molar-refractivity contribution is 6.03. The third kappa shape index (κ3) is 2.03. The van der Waals surface area contributed by atoms with Gasteiger partial charge in [0, 0.05) is 17.6 Å². The Bertz CT molecular complexity index is 1080. The monoisotopic (exact) mass is 307 g/mol. The molecule has 0 saturated carbocycles. The lowest BCUT2D eigenvalue weighted by atomic mass is 10.1. The Morgan fingerprint density at radius 3 is 2.65 bits per heavy atom. The molecular weight excluding hydrogens is 294 g/mol. The number of rotatable bonds is 2. The number of H-pyrrole nitrogens is 1. The van der Waals surface area contributed by atoms with Crippen molar-refractivity contribution in [2.24, 2.45) is 0 Å². The zero-order valence-electron chi connectivity index (χ0n) is 12.3. The lowest BCUT2D eigenvalue weighted by Crippen LogP contribution is -2.14. The number of hydrogen-bond acceptors (Lipinski definition) is 4. The van der Waals surface area contributed by atoms with Crippen molar-refractivity contribution in [1.82, 2.24) is 14.8 Å². The average molecular weight is 307 g/mol. The number of fused-ring (bicyclic) bond motifs is 3. The van der Waals surface area contributed by atoms with Crippen LogP contribution in [0.4, 0.5) is 0 Å². The van der Waals surface area contributed by atoms with E-state index in [1.165, 1.54) is 10.9 Å². The molecule has 0 aliphatic rings. The number of aromatic nitrogens is 3. The van der Waals surface area contributed by atoms with Crippen molar-refractivity contribution in [2.45, 2.75) is 0 Å². The summed E-state index contributed by atoms with van der Waals surface area (Å²) in [6.45, 7) is 0. The molecule has 6 heteroatoms. The second-order valence-electron chi connectivity index (χ2n) is 5.20. The van der Waals surface area contributed by atoms with Crippen LogP contribution in [-0.2, 0) is 0 Å². The Labute approximate surface area is 130 Å². The molecule has 0 radical (unpaired) electrons. The maximum Gasteiger partial charge on any atom is 0.280 e. The molecule has 2 N–H and O–H groups in total. The van der Waals surface area contributed by atoms with E-state index >= 15 is 0 Å². The highest BCUT2D eigenvalue weighted by atomic mass is 16.5. The summed E-state index contributed by atoms with van der Waals surface area (Å²) in [7, 11) is 1.59. The maximum absolute atomic E-state index is 12.6. The minimum Gasteiger partial charge on any atom is -0.508 e. The van der Waals surface area contributed by atoms with Crippen LogP contribution in [0.1, 0.15) is 0 Å². The molecule has 6 nitrogen and oxygen atoms in total. The molecule has 0 aliphatic heterocycles. The summed E-state index contributed by atoms with van der Waals surface area (Å²) < 4.78 is 6.60. The average Bonchev–Trinajstić information content (AvgIpc) is 2.92. The van der Waals surface area contributed by atoms with Crippen LogP contribution >= 0.6 is 0 Å². The molecule has 0 bridgehead atoms. The first kappa shape index (κ1) is 13.4. The van der Waals surface area contributed by atoms with Gasteiger partial charge in [0.15, 0.2) is 0 Å². The van der Waals surface area contributed by atoms with Gasteiger partial charge in [0.1, 0.15) is 11.5 Å². The molecule has 2 heterocycles. The SMILES string of the molecule is COc1ccc(-n2[nH]c3c(cnc4cc(O)ccc43)c2=O)cc1. The number of hydrogen-bond donors (Lipinski definition) is 2. The summed E-state index contributed by atoms with van der Waals surface area (Å²) >= 11 is 0. The normalized spacial score (nSPS) is 11.2. The second-order valence-corrected chi connectivity index (χ2v) is 5.20. The molecule has 23 heavy (non-hydrogen) atoms. The summed E-state index contributed by atoms with van der Waals surface area (Å²) in [5.74, 6) is 0.863. The van der Waals surface area contributed by atoms with Crippen molar-refractivity contribution in [3.05, 3.63) is 59.0 Å². The van der Waals surface area contributed by atoms with E-state index < -0.39 is 0 Å². The van der Waals surface area contributed by atoms with E-state index in [0.29, 0.717) is 22.1 Å². The van der Waals surface area contributed by atoms with E-state index in [1.54, 1.807) is 49.6 Å². The van der Waals surface area contributed by atoms with Crippen LogP contribution in [0.2, 0.25) is 0 Å². The van der Waals surface area contributed by atoms with Crippen LogP contribution in [0.15, 0.2) is 53.5 Å². The highest BCUT2D eigenvalue weighted by Gasteiger charge is 2.12. The highest BCUT2D eigenvalue weighted by Crippen LogP contribution is 2.24. The lowest BCUT2D eigenvalue weighted by Gasteiger charge is -2.03. The van der Waals surface area contributed by atoms with Crippen LogP contribution in [0.5, 0.6) is 11.5 Å². The Hall–Kier alpha value is -3.28. The van der Waals surface area contributed by atoms with Crippen molar-refractivity contribution in [3.63, 3.8) is 0 Å². The molecule has 0 amide bonds. The lowest BCUT2D eigenvalue weighted by molar-refractivity contribution is 0.414. The molecule has 0 saturated heterocycles. The summed E-state index contributed by atoms with van der Waals surface area (Å²) in [5, 5.41) is 14.0. The van der Waals surface area contributed by atoms with E-state index in [2.05, 4.69) is 10.1 Å². The molecule has 4 aromatic rings. The Kier molecular flexibility index (Phi) is 2.84. The van der Waals surface area contributed by atoms with Crippen molar-refractivity contribution in [1.29, 1.82) is 0 Å². The number of methoxy groups -OCH3 is 1. The quantitative estimate of drug-likeness (QED) is 0.596. The van der Waals surface area contributed by atoms with E-state index in [4.69, 9.17) is 4.74 Å². The van der Waals surface area contributed by atoms with Gasteiger partial charge in [-0.25, -0.2) is 4.68 Å². The number of benzene rings is 2. The van der Waals surface area contributed by atoms with Crippen LogP contribution in [0, 0.1) is 0 Å². The second kappa shape index (κ2) is 4.88. The van der Waals surface area contributed by atoms with Crippen molar-refractivity contribution < 1.29 is 9.84 Å². The molecule has 0 aliphatic carbocycles. The summed E-state index contributed by atoms with van der Waals surface area (Å²) in [6, 6.07) is 12.1. The predicted octanol–water partition coefficient (Wildman–Crippen LogP) is 2.58. The molecule has 114 valence electrons. The topological polar surface area (TPSA) is 80.1 Å². The van der Waals surface area contributed by atoms with E-state index in [9.17, 15) is 9.90 Å². The zero-order valence-corrected chi connectivity index (χ0v) is 12.3. The first-order valence-electron chi connectivity index (χ1n) is 7.04. The fourth-order valence-corrected chi connectivity index (χ4v) is 2.66. The smallest absolute Gasteiger partial charge is 0.280 e. The standard InChI is InChI=1S/C17H13N3O3/c1-23-12-5-2-10(3-6-12)20-17(22)14-9-18-15-8-11(21)4-7-13(15)16(14)19-20/h2-9,19,21H,1H3. The predicted molar refractivity (Wildman–Crippen MR) is 87.4 cm³/mol. The first-order chi connectivity index (χ1) is 11.2. The summed E-state index contributed by atoms with van der Waals surface area (Å²) in [4.78, 5) is 16.9. The number of aromatic amines is 1. The molecule has 2 aromatic carbocycles. The van der Waals surface area contributed by atoms with Gasteiger partial charge in [-0.2, -0.15) is 0 Å². The van der Waals surface area contributed by atoms with E-state index in [0.717, 1.165) is 11.1 Å². The number of phenols is 1. The fourth-order valence-electron chi connectivity index (χ4n) is 2.66. The van der Waals surface area contributed by atoms with Crippen molar-refractivity contribution in [3.8, 4) is 17.2 Å². The Balaban J connectivity index is 1.99. The van der Waals surface area contributed by atoms with Gasteiger partial charge in [0.05, 0.1) is 29.2 Å². The number of nitrogens with zero attached hydrogens (tertiary/aromatic N) is 2. The third-order valence-corrected chi connectivity index (χ3v) is 3.84. The van der Waals surface area contributed by atoms with Crippen LogP contribution in [-0.4, -0.2) is 27.0 Å². The minimum absolute atomic E-state index is 0.140. The minimum atomic E-state index is -0.173. The Morgan fingerprint density at radius 1 is 1.13 bits per heavy atom. The molecule has 2 aromatic heterocycles. The molecule has 0 fully saturated rings. The molecule has 4 rings (SSSR count). The number of aromatic hydroxyl groups is 1. The van der Waals surface area contributed by atoms with Crippen LogP contribution in [0.3, 0.4) is 0 Å². The number of ether oxygens (including phenoxy) is 1. The molecule has 0 atom stereocenters. The fraction of sp³-hybridized carbons (Fsp3) is 0.0588. The summed E-state index contributed by atoms with van der Waals surface area (Å²) in [6.07, 6.45) is 1.52. The first-order valence-corrected chi connectivity index (χ1v) is 7.04. The Morgan fingerprint density at radius 2 is 1.91 bits per heavy atom. The van der Waals surface area contributed by atoms with Gasteiger partial charge < -0.3 is 9.84 Å². The third-order valence-electron chi connectivity index (χ3n) is 3.84. The van der Waals surface area contributed by atoms with E-state index in [1.807, 2.05) is 0 Å². The largest absolute Gasteiger partial charge is 0.508 e. The van der Waals surface area contributed by atoms with Gasteiger partial charge in [-0.05, 0) is 36.4 Å². The number of pyridine rings is 1. The molecule has 0 spiro atoms.